The Morgan fingerprint density at radius 3 is 2.50 bits per heavy atom. The highest BCUT2D eigenvalue weighted by Crippen LogP contribution is 2.29. The number of nitrogens with zero attached hydrogens (tertiary/aromatic N) is 2. The van der Waals surface area contributed by atoms with Crippen LogP contribution in [0.3, 0.4) is 0 Å². The van der Waals surface area contributed by atoms with Gasteiger partial charge in [-0.25, -0.2) is 8.42 Å². The third-order valence-electron chi connectivity index (χ3n) is 4.55. The van der Waals surface area contributed by atoms with Crippen molar-refractivity contribution in [3.8, 4) is 0 Å². The van der Waals surface area contributed by atoms with Crippen LogP contribution >= 0.6 is 0 Å². The first-order valence-electron chi connectivity index (χ1n) is 8.12. The lowest BCUT2D eigenvalue weighted by molar-refractivity contribution is 0.189. The van der Waals surface area contributed by atoms with Crippen LogP contribution in [0.15, 0.2) is 29.2 Å². The Kier molecular flexibility index (Phi) is 4.66. The van der Waals surface area contributed by atoms with E-state index in [2.05, 4.69) is 17.9 Å². The Hall–Kier alpha value is -1.17. The Morgan fingerprint density at radius 1 is 1.05 bits per heavy atom. The monoisotopic (exact) mass is 320 g/mol. The molecular weight excluding hydrogens is 296 g/mol. The number of fused-ring (bicyclic) bond motifs is 1. The van der Waals surface area contributed by atoms with Crippen LogP contribution in [0.2, 0.25) is 0 Å². The van der Waals surface area contributed by atoms with E-state index in [-0.39, 0.29) is 0 Å². The van der Waals surface area contributed by atoms with Gasteiger partial charge in [0.2, 0.25) is 10.0 Å². The van der Waals surface area contributed by atoms with E-state index in [1.165, 1.54) is 5.56 Å². The van der Waals surface area contributed by atoms with Gasteiger partial charge in [-0.3, -0.25) is 0 Å². The molecule has 0 radical (unpaired) electrons. The maximum Gasteiger partial charge on any atom is 0.239 e. The minimum atomic E-state index is -3.30. The van der Waals surface area contributed by atoms with Gasteiger partial charge in [0.25, 0.3) is 0 Å². The number of hydrogen-bond acceptors (Lipinski definition) is 3. The first-order chi connectivity index (χ1) is 10.6. The van der Waals surface area contributed by atoms with Crippen LogP contribution in [0, 0.1) is 0 Å². The summed E-state index contributed by atoms with van der Waals surface area (Å²) in [5.41, 5.74) is 2.30. The van der Waals surface area contributed by atoms with Crippen molar-refractivity contribution in [3.63, 3.8) is 0 Å². The summed E-state index contributed by atoms with van der Waals surface area (Å²) in [5.74, 6) is 0. The molecule has 1 aromatic carbocycles. The smallest absolute Gasteiger partial charge is 0.239 e. The van der Waals surface area contributed by atoms with E-state index < -0.39 is 10.0 Å². The molecule has 1 aromatic rings. The van der Waals surface area contributed by atoms with Gasteiger partial charge in [-0.05, 0) is 43.0 Å². The van der Waals surface area contributed by atoms with Crippen LogP contribution < -0.4 is 0 Å². The Morgan fingerprint density at radius 2 is 1.77 bits per heavy atom. The predicted molar refractivity (Wildman–Crippen MR) is 90.0 cm³/mol. The van der Waals surface area contributed by atoms with Crippen molar-refractivity contribution >= 4 is 16.1 Å². The second-order valence-electron chi connectivity index (χ2n) is 6.06. The van der Waals surface area contributed by atoms with E-state index in [4.69, 9.17) is 0 Å². The Bertz CT molecular complexity index is 659. The van der Waals surface area contributed by atoms with Crippen LogP contribution in [0.5, 0.6) is 0 Å². The number of piperazine rings is 1. The highest BCUT2D eigenvalue weighted by Gasteiger charge is 2.31. The molecule has 0 atom stereocenters. The van der Waals surface area contributed by atoms with Crippen molar-refractivity contribution in [2.24, 2.45) is 0 Å². The molecule has 5 heteroatoms. The van der Waals surface area contributed by atoms with Crippen molar-refractivity contribution in [3.05, 3.63) is 40.3 Å². The first kappa shape index (κ1) is 15.7. The van der Waals surface area contributed by atoms with Gasteiger partial charge in [-0.1, -0.05) is 31.2 Å². The van der Waals surface area contributed by atoms with Crippen molar-refractivity contribution < 1.29 is 8.42 Å². The molecule has 3 rings (SSSR count). The van der Waals surface area contributed by atoms with Gasteiger partial charge in [0.15, 0.2) is 0 Å². The van der Waals surface area contributed by atoms with Crippen molar-refractivity contribution in [1.82, 2.24) is 9.21 Å². The highest BCUT2D eigenvalue weighted by atomic mass is 32.2. The molecule has 0 aromatic heterocycles. The molecule has 2 aliphatic rings. The molecule has 1 aliphatic carbocycles. The van der Waals surface area contributed by atoms with E-state index in [1.54, 1.807) is 4.31 Å². The maximum atomic E-state index is 12.9. The topological polar surface area (TPSA) is 40.6 Å². The average molecular weight is 320 g/mol. The summed E-state index contributed by atoms with van der Waals surface area (Å²) < 4.78 is 27.4. The Balaban J connectivity index is 1.76. The highest BCUT2D eigenvalue weighted by molar-refractivity contribution is 7.93. The zero-order chi connectivity index (χ0) is 15.6. The number of benzene rings is 1. The molecule has 1 aliphatic heterocycles. The van der Waals surface area contributed by atoms with E-state index >= 15 is 0 Å². The third-order valence-corrected chi connectivity index (χ3v) is 6.58. The molecule has 120 valence electrons. The van der Waals surface area contributed by atoms with Crippen LogP contribution in [0.25, 0.3) is 6.08 Å². The molecule has 0 spiro atoms. The standard InChI is InChI=1S/C17H24N2O2S/c1-2-9-18-10-12-19(13-11-18)22(20,21)17-8-7-15-5-3-4-6-16(15)14-17/h3-6,14H,2,7-13H2,1H3. The summed E-state index contributed by atoms with van der Waals surface area (Å²) in [6.07, 6.45) is 4.42. The molecule has 0 saturated carbocycles. The molecule has 1 heterocycles. The largest absolute Gasteiger partial charge is 0.301 e. The number of aryl methyl sites for hydroxylation is 1. The summed E-state index contributed by atoms with van der Waals surface area (Å²) in [7, 11) is -3.30. The molecule has 4 nitrogen and oxygen atoms in total. The fraction of sp³-hybridized carbons (Fsp3) is 0.529. The molecule has 0 bridgehead atoms. The second kappa shape index (κ2) is 6.52. The molecule has 1 fully saturated rings. The first-order valence-corrected chi connectivity index (χ1v) is 9.56. The van der Waals surface area contributed by atoms with E-state index in [9.17, 15) is 8.42 Å². The number of sulfonamides is 1. The molecular formula is C17H24N2O2S. The average Bonchev–Trinajstić information content (AvgIpc) is 2.55. The fourth-order valence-electron chi connectivity index (χ4n) is 3.29. The summed E-state index contributed by atoms with van der Waals surface area (Å²) >= 11 is 0. The molecule has 0 amide bonds. The van der Waals surface area contributed by atoms with Crippen molar-refractivity contribution in [2.75, 3.05) is 32.7 Å². The van der Waals surface area contributed by atoms with Crippen molar-refractivity contribution in [2.45, 2.75) is 26.2 Å². The van der Waals surface area contributed by atoms with Gasteiger partial charge in [-0.15, -0.1) is 0 Å². The van der Waals surface area contributed by atoms with Gasteiger partial charge in [0.1, 0.15) is 0 Å². The summed E-state index contributed by atoms with van der Waals surface area (Å²) in [6.45, 7) is 6.13. The molecule has 0 unspecified atom stereocenters. The third kappa shape index (κ3) is 3.12. The zero-order valence-electron chi connectivity index (χ0n) is 13.2. The number of allylic oxidation sites excluding steroid dienone is 1. The van der Waals surface area contributed by atoms with Gasteiger partial charge in [0, 0.05) is 26.2 Å². The summed E-state index contributed by atoms with van der Waals surface area (Å²) in [5, 5.41) is 0. The SMILES string of the molecule is CCCN1CCN(S(=O)(=O)C2=Cc3ccccc3CC2)CC1. The maximum absolute atomic E-state index is 12.9. The van der Waals surface area contributed by atoms with Gasteiger partial charge in [-0.2, -0.15) is 4.31 Å². The molecule has 0 N–H and O–H groups in total. The zero-order valence-corrected chi connectivity index (χ0v) is 14.0. The van der Waals surface area contributed by atoms with E-state index in [0.29, 0.717) is 24.4 Å². The number of rotatable bonds is 4. The second-order valence-corrected chi connectivity index (χ2v) is 8.05. The van der Waals surface area contributed by atoms with Crippen LogP contribution in [-0.2, 0) is 16.4 Å². The van der Waals surface area contributed by atoms with E-state index in [1.807, 2.05) is 24.3 Å². The summed E-state index contributed by atoms with van der Waals surface area (Å²) in [4.78, 5) is 2.92. The van der Waals surface area contributed by atoms with Crippen LogP contribution in [-0.4, -0.2) is 50.3 Å². The minimum absolute atomic E-state index is 0.579. The lowest BCUT2D eigenvalue weighted by atomic mass is 9.98. The van der Waals surface area contributed by atoms with E-state index in [0.717, 1.165) is 38.0 Å². The molecule has 1 saturated heterocycles. The fourth-order valence-corrected chi connectivity index (χ4v) is 4.90. The van der Waals surface area contributed by atoms with Gasteiger partial charge in [0.05, 0.1) is 4.91 Å². The van der Waals surface area contributed by atoms with Gasteiger partial charge < -0.3 is 4.90 Å². The number of hydrogen-bond donors (Lipinski definition) is 0. The van der Waals surface area contributed by atoms with Gasteiger partial charge >= 0.3 is 0 Å². The van der Waals surface area contributed by atoms with Crippen molar-refractivity contribution in [1.29, 1.82) is 0 Å². The van der Waals surface area contributed by atoms with Crippen LogP contribution in [0.4, 0.5) is 0 Å². The normalized spacial score (nSPS) is 20.5. The molecule has 22 heavy (non-hydrogen) atoms. The minimum Gasteiger partial charge on any atom is -0.301 e. The lowest BCUT2D eigenvalue weighted by Crippen LogP contribution is -2.49. The quantitative estimate of drug-likeness (QED) is 0.855. The Labute approximate surface area is 133 Å². The predicted octanol–water partition coefficient (Wildman–Crippen LogP) is 2.33. The summed E-state index contributed by atoms with van der Waals surface area (Å²) in [6, 6.07) is 8.06. The lowest BCUT2D eigenvalue weighted by Gasteiger charge is -2.34. The van der Waals surface area contributed by atoms with Crippen LogP contribution in [0.1, 0.15) is 30.9 Å².